The largest absolute Gasteiger partial charge is 0.463 e. The lowest BCUT2D eigenvalue weighted by Gasteiger charge is -2.49. The predicted molar refractivity (Wildman–Crippen MR) is 93.7 cm³/mol. The highest BCUT2D eigenvalue weighted by molar-refractivity contribution is 5.73. The van der Waals surface area contributed by atoms with Crippen molar-refractivity contribution < 1.29 is 28.8 Å². The summed E-state index contributed by atoms with van der Waals surface area (Å²) in [5.41, 5.74) is 2.23. The molecule has 1 aromatic rings. The molecule has 2 saturated heterocycles. The molecule has 0 aromatic heterocycles. The number of carbonyl (C=O) groups is 1. The highest BCUT2D eigenvalue weighted by Gasteiger charge is 2.52. The van der Waals surface area contributed by atoms with Crippen LogP contribution in [0.3, 0.4) is 0 Å². The molecule has 0 aliphatic carbocycles. The lowest BCUT2D eigenvalue weighted by molar-refractivity contribution is -0.361. The molecule has 0 spiro atoms. The normalized spacial score (nSPS) is 33.2. The maximum atomic E-state index is 11.6. The van der Waals surface area contributed by atoms with Gasteiger partial charge in [-0.1, -0.05) is 6.07 Å². The van der Waals surface area contributed by atoms with Gasteiger partial charge in [-0.2, -0.15) is 0 Å². The van der Waals surface area contributed by atoms with E-state index >= 15 is 0 Å². The topological polar surface area (TPSA) is 86.3 Å². The Bertz CT molecular complexity index is 676. The van der Waals surface area contributed by atoms with Crippen LogP contribution in [0, 0.1) is 13.8 Å². The van der Waals surface area contributed by atoms with Crippen molar-refractivity contribution in [2.24, 2.45) is 0 Å². The number of aliphatic hydroxyl groups excluding tert-OH is 1. The second-order valence-electron chi connectivity index (χ2n) is 7.42. The number of nitrogens with one attached hydrogen (secondary N) is 1. The Morgan fingerprint density at radius 1 is 1.31 bits per heavy atom. The van der Waals surface area contributed by atoms with Crippen LogP contribution in [0.1, 0.15) is 31.9 Å². The minimum absolute atomic E-state index is 0.272. The molecule has 0 saturated carbocycles. The van der Waals surface area contributed by atoms with Gasteiger partial charge in [0.2, 0.25) is 12.2 Å². The minimum atomic E-state index is -0.989. The third-order valence-electron chi connectivity index (χ3n) is 4.79. The number of ether oxygens (including phenoxy) is 4. The molecule has 1 aromatic carbocycles. The van der Waals surface area contributed by atoms with Crippen molar-refractivity contribution in [1.82, 2.24) is 5.32 Å². The fourth-order valence-electron chi connectivity index (χ4n) is 3.25. The van der Waals surface area contributed by atoms with Gasteiger partial charge in [-0.05, 0) is 51.0 Å². The van der Waals surface area contributed by atoms with E-state index in [4.69, 9.17) is 18.9 Å². The fourth-order valence-corrected chi connectivity index (χ4v) is 3.25. The van der Waals surface area contributed by atoms with Gasteiger partial charge in [0.1, 0.15) is 30.1 Å². The third kappa shape index (κ3) is 4.01. The van der Waals surface area contributed by atoms with Crippen molar-refractivity contribution in [3.63, 3.8) is 0 Å². The van der Waals surface area contributed by atoms with Gasteiger partial charge < -0.3 is 29.4 Å². The molecule has 2 aliphatic heterocycles. The van der Waals surface area contributed by atoms with Crippen molar-refractivity contribution in [2.75, 3.05) is 6.61 Å². The first-order valence-corrected chi connectivity index (χ1v) is 8.82. The third-order valence-corrected chi connectivity index (χ3v) is 4.79. The molecule has 0 bridgehead atoms. The molecule has 2 heterocycles. The van der Waals surface area contributed by atoms with E-state index < -0.39 is 36.4 Å². The van der Waals surface area contributed by atoms with Gasteiger partial charge in [0.05, 0.1) is 6.61 Å². The van der Waals surface area contributed by atoms with Gasteiger partial charge in [-0.25, -0.2) is 0 Å². The molecule has 7 heteroatoms. The zero-order valence-corrected chi connectivity index (χ0v) is 15.8. The molecule has 3 rings (SSSR count). The molecule has 144 valence electrons. The Morgan fingerprint density at radius 2 is 2.04 bits per heavy atom. The van der Waals surface area contributed by atoms with E-state index in [0.717, 1.165) is 11.1 Å². The monoisotopic (exact) mass is 365 g/mol. The Balaban J connectivity index is 1.83. The summed E-state index contributed by atoms with van der Waals surface area (Å²) < 4.78 is 23.4. The van der Waals surface area contributed by atoms with Crippen LogP contribution in [0.25, 0.3) is 0 Å². The molecular weight excluding hydrogens is 338 g/mol. The maximum Gasteiger partial charge on any atom is 0.223 e. The fraction of sp³-hybridized carbons (Fsp3) is 0.632. The summed E-state index contributed by atoms with van der Waals surface area (Å²) in [4.78, 5) is 11.6. The number of hydrogen-bond donors (Lipinski definition) is 2. The molecule has 2 aliphatic rings. The number of fused-ring (bicyclic) bond motifs is 1. The average Bonchev–Trinajstić information content (AvgIpc) is 2.55. The van der Waals surface area contributed by atoms with E-state index in [-0.39, 0.29) is 12.5 Å². The minimum Gasteiger partial charge on any atom is -0.463 e. The second-order valence-corrected chi connectivity index (χ2v) is 7.42. The number of aryl methyl sites for hydroxylation is 2. The molecule has 1 amide bonds. The summed E-state index contributed by atoms with van der Waals surface area (Å²) in [5.74, 6) is -0.498. The van der Waals surface area contributed by atoms with E-state index in [1.54, 1.807) is 13.8 Å². The number of amides is 1. The summed E-state index contributed by atoms with van der Waals surface area (Å²) in [6.45, 7) is 9.23. The summed E-state index contributed by atoms with van der Waals surface area (Å²) in [5, 5.41) is 13.6. The van der Waals surface area contributed by atoms with Crippen molar-refractivity contribution in [3.05, 3.63) is 29.3 Å². The van der Waals surface area contributed by atoms with Crippen LogP contribution in [-0.4, -0.2) is 54.1 Å². The summed E-state index contributed by atoms with van der Waals surface area (Å²) in [7, 11) is 0. The van der Waals surface area contributed by atoms with E-state index in [2.05, 4.69) is 5.32 Å². The van der Waals surface area contributed by atoms with Crippen LogP contribution < -0.4 is 10.1 Å². The van der Waals surface area contributed by atoms with Crippen LogP contribution >= 0.6 is 0 Å². The number of benzene rings is 1. The van der Waals surface area contributed by atoms with Gasteiger partial charge in [-0.3, -0.25) is 4.79 Å². The Morgan fingerprint density at radius 3 is 2.69 bits per heavy atom. The molecule has 26 heavy (non-hydrogen) atoms. The molecule has 5 unspecified atom stereocenters. The first-order chi connectivity index (χ1) is 12.2. The van der Waals surface area contributed by atoms with Crippen LogP contribution in [-0.2, 0) is 19.0 Å². The molecular formula is C19H27NO6. The van der Waals surface area contributed by atoms with Crippen molar-refractivity contribution in [3.8, 4) is 5.75 Å². The molecule has 7 nitrogen and oxygen atoms in total. The smallest absolute Gasteiger partial charge is 0.223 e. The molecule has 0 radical (unpaired) electrons. The van der Waals surface area contributed by atoms with Crippen LogP contribution in [0.2, 0.25) is 0 Å². The van der Waals surface area contributed by atoms with Crippen LogP contribution in [0.5, 0.6) is 5.75 Å². The van der Waals surface area contributed by atoms with E-state index in [9.17, 15) is 9.90 Å². The first-order valence-electron chi connectivity index (χ1n) is 8.82. The number of rotatable bonds is 3. The number of aliphatic hydroxyl groups is 1. The Labute approximate surface area is 153 Å². The Kier molecular flexibility index (Phi) is 5.25. The molecule has 5 atom stereocenters. The van der Waals surface area contributed by atoms with Gasteiger partial charge in [0.15, 0.2) is 5.79 Å². The zero-order valence-electron chi connectivity index (χ0n) is 15.8. The standard InChI is InChI=1S/C19H27NO6/c1-10-6-7-13(8-11(10)2)24-18-15(20-12(3)21)16(22)17-14(25-18)9-23-19(4,5)26-17/h6-8,14-18,22H,9H2,1-5H3,(H,20,21). The molecule has 2 N–H and O–H groups in total. The van der Waals surface area contributed by atoms with E-state index in [1.807, 2.05) is 32.0 Å². The number of carbonyl (C=O) groups excluding carboxylic acids is 1. The highest BCUT2D eigenvalue weighted by atomic mass is 16.8. The Hall–Kier alpha value is -1.67. The second kappa shape index (κ2) is 7.15. The highest BCUT2D eigenvalue weighted by Crippen LogP contribution is 2.33. The lowest BCUT2D eigenvalue weighted by Crippen LogP contribution is -2.69. The van der Waals surface area contributed by atoms with Gasteiger partial charge >= 0.3 is 0 Å². The van der Waals surface area contributed by atoms with E-state index in [1.165, 1.54) is 6.92 Å². The van der Waals surface area contributed by atoms with Gasteiger partial charge in [0.25, 0.3) is 0 Å². The molecule has 2 fully saturated rings. The lowest BCUT2D eigenvalue weighted by atomic mass is 9.95. The average molecular weight is 365 g/mol. The van der Waals surface area contributed by atoms with Crippen molar-refractivity contribution >= 4 is 5.91 Å². The zero-order chi connectivity index (χ0) is 19.1. The van der Waals surface area contributed by atoms with Crippen LogP contribution in [0.4, 0.5) is 0 Å². The predicted octanol–water partition coefficient (Wildman–Crippen LogP) is 1.42. The summed E-state index contributed by atoms with van der Waals surface area (Å²) >= 11 is 0. The van der Waals surface area contributed by atoms with Gasteiger partial charge in [-0.15, -0.1) is 0 Å². The van der Waals surface area contributed by atoms with Crippen molar-refractivity contribution in [1.29, 1.82) is 0 Å². The summed E-state index contributed by atoms with van der Waals surface area (Å²) in [6.07, 6.45) is -2.95. The van der Waals surface area contributed by atoms with Gasteiger partial charge in [0, 0.05) is 6.92 Å². The SMILES string of the molecule is CC(=O)NC1C(Oc2ccc(C)c(C)c2)OC2COC(C)(C)OC2C1O. The van der Waals surface area contributed by atoms with Crippen molar-refractivity contribution in [2.45, 2.75) is 71.0 Å². The number of hydrogen-bond acceptors (Lipinski definition) is 6. The van der Waals surface area contributed by atoms with E-state index in [0.29, 0.717) is 5.75 Å². The van der Waals surface area contributed by atoms with Crippen LogP contribution in [0.15, 0.2) is 18.2 Å². The maximum absolute atomic E-state index is 11.6. The first kappa shape index (κ1) is 19.1. The quantitative estimate of drug-likeness (QED) is 0.843. The summed E-state index contributed by atoms with van der Waals surface area (Å²) in [6, 6.07) is 4.93.